The van der Waals surface area contributed by atoms with E-state index in [9.17, 15) is 14.7 Å². The number of rotatable bonds is 6. The fourth-order valence-electron chi connectivity index (χ4n) is 3.88. The molecule has 1 N–H and O–H groups in total. The highest BCUT2D eigenvalue weighted by molar-refractivity contribution is 7.10. The third kappa shape index (κ3) is 4.02. The van der Waals surface area contributed by atoms with E-state index in [0.29, 0.717) is 17.7 Å². The summed E-state index contributed by atoms with van der Waals surface area (Å²) in [4.78, 5) is 35.1. The maximum atomic E-state index is 13.2. The summed E-state index contributed by atoms with van der Waals surface area (Å²) in [5.41, 5.74) is 1.27. The summed E-state index contributed by atoms with van der Waals surface area (Å²) in [6, 6.07) is 15.6. The monoisotopic (exact) mass is 433 g/mol. The van der Waals surface area contributed by atoms with Crippen molar-refractivity contribution < 1.29 is 14.7 Å². The average Bonchev–Trinajstić information content (AvgIpc) is 3.40. The van der Waals surface area contributed by atoms with Gasteiger partial charge in [-0.05, 0) is 37.2 Å². The number of aliphatic hydroxyl groups excluding tert-OH is 1. The molecule has 1 aliphatic heterocycles. The predicted octanol–water partition coefficient (Wildman–Crippen LogP) is 3.87. The number of carbonyl (C=O) groups is 2. The van der Waals surface area contributed by atoms with E-state index in [1.54, 1.807) is 59.0 Å². The van der Waals surface area contributed by atoms with Crippen molar-refractivity contribution in [3.05, 3.63) is 93.9 Å². The van der Waals surface area contributed by atoms with E-state index in [-0.39, 0.29) is 17.4 Å². The van der Waals surface area contributed by atoms with Crippen LogP contribution in [0.2, 0.25) is 0 Å². The molecule has 3 heterocycles. The molecule has 3 aromatic rings. The maximum Gasteiger partial charge on any atom is 0.295 e. The Morgan fingerprint density at radius 2 is 1.90 bits per heavy atom. The summed E-state index contributed by atoms with van der Waals surface area (Å²) < 4.78 is 0. The molecule has 158 valence electrons. The summed E-state index contributed by atoms with van der Waals surface area (Å²) in [6.07, 6.45) is 3.28. The summed E-state index contributed by atoms with van der Waals surface area (Å²) in [5, 5.41) is 13.0. The van der Waals surface area contributed by atoms with Crippen molar-refractivity contribution in [3.8, 4) is 0 Å². The van der Waals surface area contributed by atoms with Crippen LogP contribution in [0, 0.1) is 0 Å². The molecule has 0 radical (unpaired) electrons. The van der Waals surface area contributed by atoms with Gasteiger partial charge in [0.1, 0.15) is 5.76 Å². The Kier molecular flexibility index (Phi) is 5.97. The first-order chi connectivity index (χ1) is 15.0. The van der Waals surface area contributed by atoms with Gasteiger partial charge in [0.25, 0.3) is 11.7 Å². The zero-order chi connectivity index (χ0) is 22.0. The lowest BCUT2D eigenvalue weighted by atomic mass is 9.96. The van der Waals surface area contributed by atoms with Crippen LogP contribution in [-0.4, -0.2) is 52.2 Å². The third-order valence-corrected chi connectivity index (χ3v) is 6.43. The van der Waals surface area contributed by atoms with Gasteiger partial charge in [-0.3, -0.25) is 14.6 Å². The number of aromatic nitrogens is 1. The molecule has 0 spiro atoms. The van der Waals surface area contributed by atoms with E-state index in [4.69, 9.17) is 0 Å². The average molecular weight is 434 g/mol. The van der Waals surface area contributed by atoms with Crippen LogP contribution in [0.5, 0.6) is 0 Å². The van der Waals surface area contributed by atoms with Crippen LogP contribution < -0.4 is 0 Å². The molecule has 1 saturated heterocycles. The highest BCUT2D eigenvalue weighted by Crippen LogP contribution is 2.40. The molecular weight excluding hydrogens is 410 g/mol. The second-order valence-electron chi connectivity index (χ2n) is 7.60. The van der Waals surface area contributed by atoms with Gasteiger partial charge in [-0.15, -0.1) is 11.3 Å². The van der Waals surface area contributed by atoms with Crippen LogP contribution in [0.1, 0.15) is 28.1 Å². The van der Waals surface area contributed by atoms with Crippen molar-refractivity contribution in [1.29, 1.82) is 0 Å². The van der Waals surface area contributed by atoms with E-state index in [2.05, 4.69) is 4.98 Å². The van der Waals surface area contributed by atoms with Crippen molar-refractivity contribution in [2.75, 3.05) is 20.6 Å². The molecule has 1 aromatic carbocycles. The Labute approximate surface area is 185 Å². The molecule has 1 amide bonds. The first kappa shape index (κ1) is 21.0. The molecule has 0 saturated carbocycles. The van der Waals surface area contributed by atoms with E-state index in [0.717, 1.165) is 4.88 Å². The molecule has 2 aromatic heterocycles. The van der Waals surface area contributed by atoms with E-state index >= 15 is 0 Å². The lowest BCUT2D eigenvalue weighted by Gasteiger charge is -2.32. The minimum Gasteiger partial charge on any atom is -0.507 e. The SMILES string of the molecule is CN(C)C(CN1C(=O)C(=O)/C(=C(/O)c2ccccc2)C1c1cccnc1)c1cccs1. The first-order valence-corrected chi connectivity index (χ1v) is 10.8. The minimum atomic E-state index is -0.712. The van der Waals surface area contributed by atoms with Gasteiger partial charge in [-0.1, -0.05) is 42.5 Å². The van der Waals surface area contributed by atoms with Crippen molar-refractivity contribution in [1.82, 2.24) is 14.8 Å². The largest absolute Gasteiger partial charge is 0.507 e. The standard InChI is InChI=1S/C24H23N3O3S/c1-26(2)18(19-11-7-13-31-19)15-27-21(17-10-6-12-25-14-17)20(23(29)24(27)30)22(28)16-8-4-3-5-9-16/h3-14,18,21,28H,15H2,1-2H3/b22-20+. The van der Waals surface area contributed by atoms with Gasteiger partial charge in [0.05, 0.1) is 17.7 Å². The molecule has 2 atom stereocenters. The van der Waals surface area contributed by atoms with E-state index in [1.165, 1.54) is 0 Å². The van der Waals surface area contributed by atoms with Gasteiger partial charge in [-0.25, -0.2) is 0 Å². The summed E-state index contributed by atoms with van der Waals surface area (Å²) >= 11 is 1.61. The number of benzene rings is 1. The Bertz CT molecular complexity index is 1100. The molecular formula is C24H23N3O3S. The van der Waals surface area contributed by atoms with E-state index < -0.39 is 17.7 Å². The number of carbonyl (C=O) groups excluding carboxylic acids is 2. The normalized spacial score (nSPS) is 19.2. The highest BCUT2D eigenvalue weighted by Gasteiger charge is 2.47. The van der Waals surface area contributed by atoms with Crippen molar-refractivity contribution in [3.63, 3.8) is 0 Å². The van der Waals surface area contributed by atoms with Crippen LogP contribution in [0.15, 0.2) is 77.9 Å². The number of hydrogen-bond donors (Lipinski definition) is 1. The zero-order valence-corrected chi connectivity index (χ0v) is 18.1. The summed E-state index contributed by atoms with van der Waals surface area (Å²) in [6.45, 7) is 0.309. The van der Waals surface area contributed by atoms with Crippen LogP contribution in [-0.2, 0) is 9.59 Å². The van der Waals surface area contributed by atoms with Gasteiger partial charge >= 0.3 is 0 Å². The summed E-state index contributed by atoms with van der Waals surface area (Å²) in [5.74, 6) is -1.47. The minimum absolute atomic E-state index is 0.0888. The summed E-state index contributed by atoms with van der Waals surface area (Å²) in [7, 11) is 3.90. The first-order valence-electron chi connectivity index (χ1n) is 9.92. The quantitative estimate of drug-likeness (QED) is 0.363. The third-order valence-electron chi connectivity index (χ3n) is 5.45. The van der Waals surface area contributed by atoms with Gasteiger partial charge in [0.15, 0.2) is 0 Å². The number of ketones is 1. The Morgan fingerprint density at radius 3 is 2.52 bits per heavy atom. The van der Waals surface area contributed by atoms with Crippen LogP contribution in [0.3, 0.4) is 0 Å². The second kappa shape index (κ2) is 8.83. The maximum absolute atomic E-state index is 13.2. The molecule has 31 heavy (non-hydrogen) atoms. The number of pyridine rings is 1. The molecule has 1 fully saturated rings. The highest BCUT2D eigenvalue weighted by atomic mass is 32.1. The number of hydrogen-bond acceptors (Lipinski definition) is 6. The number of thiophene rings is 1. The molecule has 7 heteroatoms. The lowest BCUT2D eigenvalue weighted by molar-refractivity contribution is -0.140. The van der Waals surface area contributed by atoms with Gasteiger partial charge < -0.3 is 14.9 Å². The van der Waals surface area contributed by atoms with Gasteiger partial charge in [0, 0.05) is 29.4 Å². The second-order valence-corrected chi connectivity index (χ2v) is 8.58. The van der Waals surface area contributed by atoms with Gasteiger partial charge in [0.2, 0.25) is 0 Å². The number of likely N-dealkylation sites (N-methyl/N-ethyl adjacent to an activating group) is 1. The zero-order valence-electron chi connectivity index (χ0n) is 17.3. The number of aliphatic hydroxyl groups is 1. The van der Waals surface area contributed by atoms with Crippen LogP contribution in [0.25, 0.3) is 5.76 Å². The van der Waals surface area contributed by atoms with Crippen molar-refractivity contribution in [2.24, 2.45) is 0 Å². The molecule has 2 unspecified atom stereocenters. The van der Waals surface area contributed by atoms with Crippen LogP contribution >= 0.6 is 11.3 Å². The number of amides is 1. The molecule has 0 aliphatic carbocycles. The Hall–Kier alpha value is -3.29. The molecule has 6 nitrogen and oxygen atoms in total. The van der Waals surface area contributed by atoms with Crippen molar-refractivity contribution >= 4 is 28.8 Å². The Balaban J connectivity index is 1.83. The molecule has 4 rings (SSSR count). The molecule has 0 bridgehead atoms. The fraction of sp³-hybridized carbons (Fsp3) is 0.208. The number of Topliss-reactive ketones (excluding diaryl/α,β-unsaturated/α-hetero) is 1. The smallest absolute Gasteiger partial charge is 0.295 e. The van der Waals surface area contributed by atoms with Crippen molar-refractivity contribution in [2.45, 2.75) is 12.1 Å². The van der Waals surface area contributed by atoms with Gasteiger partial charge in [-0.2, -0.15) is 0 Å². The fourth-order valence-corrected chi connectivity index (χ4v) is 4.79. The Morgan fingerprint density at radius 1 is 1.13 bits per heavy atom. The number of likely N-dealkylation sites (tertiary alicyclic amines) is 1. The predicted molar refractivity (Wildman–Crippen MR) is 120 cm³/mol. The topological polar surface area (TPSA) is 73.7 Å². The van der Waals surface area contributed by atoms with Crippen LogP contribution in [0.4, 0.5) is 0 Å². The van der Waals surface area contributed by atoms with E-state index in [1.807, 2.05) is 48.6 Å². The lowest BCUT2D eigenvalue weighted by Crippen LogP contribution is -2.37. The molecule has 1 aliphatic rings. The number of nitrogens with zero attached hydrogens (tertiary/aromatic N) is 3.